The zero-order chi connectivity index (χ0) is 12.8. The van der Waals surface area contributed by atoms with Gasteiger partial charge in [-0.1, -0.05) is 6.92 Å². The summed E-state index contributed by atoms with van der Waals surface area (Å²) in [6, 6.07) is 6.72. The van der Waals surface area contributed by atoms with E-state index in [9.17, 15) is 0 Å². The van der Waals surface area contributed by atoms with E-state index in [0.717, 1.165) is 13.1 Å². The monoisotopic (exact) mass is 243 g/mol. The van der Waals surface area contributed by atoms with Crippen molar-refractivity contribution in [3.63, 3.8) is 0 Å². The molecule has 0 aliphatic rings. The molecule has 0 fully saturated rings. The highest BCUT2D eigenvalue weighted by atomic mass is 15.0. The molecule has 2 heterocycles. The van der Waals surface area contributed by atoms with E-state index in [1.165, 1.54) is 17.5 Å². The molecule has 3 nitrogen and oxygen atoms in total. The summed E-state index contributed by atoms with van der Waals surface area (Å²) in [5.41, 5.74) is 2.62. The van der Waals surface area contributed by atoms with Crippen LogP contribution in [0.2, 0.25) is 0 Å². The summed E-state index contributed by atoms with van der Waals surface area (Å²) < 4.78 is 2.22. The van der Waals surface area contributed by atoms with Gasteiger partial charge in [-0.05, 0) is 49.2 Å². The van der Waals surface area contributed by atoms with Crippen LogP contribution in [-0.4, -0.2) is 16.1 Å². The van der Waals surface area contributed by atoms with Crippen LogP contribution in [-0.2, 0) is 6.54 Å². The Balaban J connectivity index is 1.98. The molecule has 3 heteroatoms. The summed E-state index contributed by atoms with van der Waals surface area (Å²) in [6.45, 7) is 6.37. The molecule has 2 rings (SSSR count). The summed E-state index contributed by atoms with van der Waals surface area (Å²) in [5.74, 6) is 0. The summed E-state index contributed by atoms with van der Waals surface area (Å²) in [4.78, 5) is 4.03. The maximum Gasteiger partial charge on any atom is 0.0471 e. The first-order valence-corrected chi connectivity index (χ1v) is 6.57. The Bertz CT molecular complexity index is 462. The van der Waals surface area contributed by atoms with Gasteiger partial charge < -0.3 is 9.88 Å². The molecule has 0 aliphatic heterocycles. The van der Waals surface area contributed by atoms with Crippen LogP contribution in [0.25, 0.3) is 0 Å². The van der Waals surface area contributed by atoms with Crippen LogP contribution in [0.15, 0.2) is 43.0 Å². The number of nitrogens with zero attached hydrogens (tertiary/aromatic N) is 2. The first-order chi connectivity index (χ1) is 8.79. The maximum atomic E-state index is 4.03. The van der Waals surface area contributed by atoms with E-state index in [1.807, 2.05) is 12.4 Å². The molecule has 96 valence electrons. The predicted molar refractivity (Wildman–Crippen MR) is 74.5 cm³/mol. The molecule has 0 spiro atoms. The van der Waals surface area contributed by atoms with Gasteiger partial charge in [0.25, 0.3) is 0 Å². The lowest BCUT2D eigenvalue weighted by atomic mass is 10.2. The lowest BCUT2D eigenvalue weighted by Crippen LogP contribution is -2.18. The Labute approximate surface area is 109 Å². The van der Waals surface area contributed by atoms with Gasteiger partial charge in [0, 0.05) is 37.4 Å². The van der Waals surface area contributed by atoms with Crippen molar-refractivity contribution in [1.29, 1.82) is 0 Å². The Kier molecular flexibility index (Phi) is 4.53. The van der Waals surface area contributed by atoms with Gasteiger partial charge in [0.2, 0.25) is 0 Å². The van der Waals surface area contributed by atoms with Crippen LogP contribution >= 0.6 is 0 Å². The van der Waals surface area contributed by atoms with Crippen molar-refractivity contribution in [2.45, 2.75) is 32.9 Å². The van der Waals surface area contributed by atoms with Gasteiger partial charge in [0.1, 0.15) is 0 Å². The number of rotatable bonds is 6. The van der Waals surface area contributed by atoms with Crippen LogP contribution in [0, 0.1) is 0 Å². The quantitative estimate of drug-likeness (QED) is 0.845. The van der Waals surface area contributed by atoms with Crippen molar-refractivity contribution < 1.29 is 0 Å². The van der Waals surface area contributed by atoms with Crippen molar-refractivity contribution >= 4 is 0 Å². The zero-order valence-electron chi connectivity index (χ0n) is 11.1. The fourth-order valence-electron chi connectivity index (χ4n) is 1.99. The second-order valence-electron chi connectivity index (χ2n) is 4.65. The lowest BCUT2D eigenvalue weighted by molar-refractivity contribution is 0.569. The van der Waals surface area contributed by atoms with E-state index < -0.39 is 0 Å². The van der Waals surface area contributed by atoms with Crippen LogP contribution in [0.1, 0.15) is 37.4 Å². The van der Waals surface area contributed by atoms with E-state index in [-0.39, 0.29) is 0 Å². The van der Waals surface area contributed by atoms with Crippen LogP contribution in [0.4, 0.5) is 0 Å². The zero-order valence-corrected chi connectivity index (χ0v) is 11.1. The standard InChI is InChI=1S/C15H21N3/c1-3-7-17-13(2)15-6-10-18(12-15)11-14-4-8-16-9-5-14/h4-6,8-10,12-13,17H,3,7,11H2,1-2H3. The third-order valence-electron chi connectivity index (χ3n) is 3.09. The number of aromatic nitrogens is 2. The van der Waals surface area contributed by atoms with E-state index in [1.54, 1.807) is 0 Å². The van der Waals surface area contributed by atoms with Gasteiger partial charge in [-0.25, -0.2) is 0 Å². The maximum absolute atomic E-state index is 4.03. The number of hydrogen-bond acceptors (Lipinski definition) is 2. The average molecular weight is 243 g/mol. The van der Waals surface area contributed by atoms with E-state index in [4.69, 9.17) is 0 Å². The molecule has 2 aromatic heterocycles. The molecule has 1 N–H and O–H groups in total. The molecule has 0 aliphatic carbocycles. The second-order valence-corrected chi connectivity index (χ2v) is 4.65. The van der Waals surface area contributed by atoms with Crippen LogP contribution in [0.3, 0.4) is 0 Å². The molecule has 2 aromatic rings. The predicted octanol–water partition coefficient (Wildman–Crippen LogP) is 2.99. The normalized spacial score (nSPS) is 12.6. The Morgan fingerprint density at radius 2 is 2.06 bits per heavy atom. The Hall–Kier alpha value is -1.61. The highest BCUT2D eigenvalue weighted by Crippen LogP contribution is 2.13. The summed E-state index contributed by atoms with van der Waals surface area (Å²) in [5, 5.41) is 3.50. The molecule has 0 radical (unpaired) electrons. The van der Waals surface area contributed by atoms with Crippen LogP contribution in [0.5, 0.6) is 0 Å². The van der Waals surface area contributed by atoms with Gasteiger partial charge in [-0.2, -0.15) is 0 Å². The van der Waals surface area contributed by atoms with Gasteiger partial charge in [-0.3, -0.25) is 4.98 Å². The molecular formula is C15H21N3. The van der Waals surface area contributed by atoms with Crippen LogP contribution < -0.4 is 5.32 Å². The highest BCUT2D eigenvalue weighted by molar-refractivity contribution is 5.17. The molecule has 0 bridgehead atoms. The third kappa shape index (κ3) is 3.44. The van der Waals surface area contributed by atoms with Crippen molar-refractivity contribution in [2.75, 3.05) is 6.54 Å². The SMILES string of the molecule is CCCNC(C)c1ccn(Cc2ccncc2)c1. The summed E-state index contributed by atoms with van der Waals surface area (Å²) >= 11 is 0. The largest absolute Gasteiger partial charge is 0.350 e. The van der Waals surface area contributed by atoms with Gasteiger partial charge >= 0.3 is 0 Å². The van der Waals surface area contributed by atoms with Gasteiger partial charge in [-0.15, -0.1) is 0 Å². The second kappa shape index (κ2) is 6.36. The van der Waals surface area contributed by atoms with Crippen molar-refractivity contribution in [3.8, 4) is 0 Å². The molecule has 0 aromatic carbocycles. The number of pyridine rings is 1. The van der Waals surface area contributed by atoms with Crippen molar-refractivity contribution in [3.05, 3.63) is 54.1 Å². The van der Waals surface area contributed by atoms with Crippen molar-refractivity contribution in [1.82, 2.24) is 14.9 Å². The third-order valence-corrected chi connectivity index (χ3v) is 3.09. The Morgan fingerprint density at radius 1 is 1.28 bits per heavy atom. The summed E-state index contributed by atoms with van der Waals surface area (Å²) in [6.07, 6.45) is 9.20. The molecule has 1 atom stereocenters. The fraction of sp³-hybridized carbons (Fsp3) is 0.400. The average Bonchev–Trinajstić information content (AvgIpc) is 2.86. The summed E-state index contributed by atoms with van der Waals surface area (Å²) in [7, 11) is 0. The molecular weight excluding hydrogens is 222 g/mol. The topological polar surface area (TPSA) is 29.9 Å². The number of hydrogen-bond donors (Lipinski definition) is 1. The lowest BCUT2D eigenvalue weighted by Gasteiger charge is -2.11. The highest BCUT2D eigenvalue weighted by Gasteiger charge is 2.05. The Morgan fingerprint density at radius 3 is 2.78 bits per heavy atom. The van der Waals surface area contributed by atoms with Gasteiger partial charge in [0.05, 0.1) is 0 Å². The first-order valence-electron chi connectivity index (χ1n) is 6.57. The first kappa shape index (κ1) is 12.8. The van der Waals surface area contributed by atoms with E-state index in [0.29, 0.717) is 6.04 Å². The minimum atomic E-state index is 0.420. The van der Waals surface area contributed by atoms with Crippen molar-refractivity contribution in [2.24, 2.45) is 0 Å². The molecule has 0 amide bonds. The number of nitrogens with one attached hydrogen (secondary N) is 1. The smallest absolute Gasteiger partial charge is 0.0471 e. The van der Waals surface area contributed by atoms with E-state index >= 15 is 0 Å². The van der Waals surface area contributed by atoms with E-state index in [2.05, 4.69) is 59.3 Å². The fourth-order valence-corrected chi connectivity index (χ4v) is 1.99. The minimum Gasteiger partial charge on any atom is -0.350 e. The van der Waals surface area contributed by atoms with Gasteiger partial charge in [0.15, 0.2) is 0 Å². The molecule has 1 unspecified atom stereocenters. The minimum absolute atomic E-state index is 0.420. The molecule has 0 saturated carbocycles. The molecule has 0 saturated heterocycles. The molecule has 18 heavy (non-hydrogen) atoms.